The van der Waals surface area contributed by atoms with Gasteiger partial charge in [-0.2, -0.15) is 0 Å². The molecule has 1 atom stereocenters. The van der Waals surface area contributed by atoms with Gasteiger partial charge in [-0.25, -0.2) is 4.79 Å². The van der Waals surface area contributed by atoms with Crippen molar-refractivity contribution in [3.63, 3.8) is 0 Å². The van der Waals surface area contributed by atoms with Gasteiger partial charge >= 0.3 is 5.97 Å². The average Bonchev–Trinajstić information content (AvgIpc) is 2.60. The van der Waals surface area contributed by atoms with Gasteiger partial charge in [-0.1, -0.05) is 11.6 Å². The van der Waals surface area contributed by atoms with Crippen molar-refractivity contribution in [3.05, 3.63) is 58.6 Å². The van der Waals surface area contributed by atoms with E-state index in [0.29, 0.717) is 27.6 Å². The molecule has 0 radical (unpaired) electrons. The number of carbonyl (C=O) groups is 2. The van der Waals surface area contributed by atoms with Crippen molar-refractivity contribution < 1.29 is 23.8 Å². The molecule has 5 nitrogen and oxygen atoms in total. The summed E-state index contributed by atoms with van der Waals surface area (Å²) in [5, 5.41) is 0.529. The Balaban J connectivity index is 1.94. The molecule has 0 bridgehead atoms. The lowest BCUT2D eigenvalue weighted by Crippen LogP contribution is -2.26. The molecular weight excluding hydrogens is 344 g/mol. The number of ketones is 1. The van der Waals surface area contributed by atoms with Gasteiger partial charge in [0, 0.05) is 16.1 Å². The Morgan fingerprint density at radius 2 is 1.80 bits per heavy atom. The fraction of sp³-hybridized carbons (Fsp3) is 0.263. The van der Waals surface area contributed by atoms with Crippen molar-refractivity contribution in [1.29, 1.82) is 0 Å². The minimum absolute atomic E-state index is 0.0273. The van der Waals surface area contributed by atoms with Gasteiger partial charge in [-0.3, -0.25) is 4.79 Å². The lowest BCUT2D eigenvalue weighted by Gasteiger charge is -2.15. The monoisotopic (exact) mass is 362 g/mol. The van der Waals surface area contributed by atoms with Crippen molar-refractivity contribution in [2.75, 3.05) is 7.11 Å². The summed E-state index contributed by atoms with van der Waals surface area (Å²) < 4.78 is 16.0. The van der Waals surface area contributed by atoms with Crippen LogP contribution in [0.25, 0.3) is 0 Å². The lowest BCUT2D eigenvalue weighted by molar-refractivity contribution is -0.152. The molecule has 0 saturated carbocycles. The summed E-state index contributed by atoms with van der Waals surface area (Å²) in [6, 6.07) is 11.7. The van der Waals surface area contributed by atoms with Gasteiger partial charge in [0.25, 0.3) is 0 Å². The van der Waals surface area contributed by atoms with Gasteiger partial charge in [0.1, 0.15) is 18.1 Å². The van der Waals surface area contributed by atoms with Crippen LogP contribution in [0, 0.1) is 0 Å². The molecule has 132 valence electrons. The van der Waals surface area contributed by atoms with Crippen LogP contribution in [-0.2, 0) is 16.1 Å². The molecule has 0 heterocycles. The second-order valence-electron chi connectivity index (χ2n) is 5.40. The minimum atomic E-state index is -0.798. The third kappa shape index (κ3) is 5.22. The van der Waals surface area contributed by atoms with E-state index in [1.165, 1.54) is 14.0 Å². The van der Waals surface area contributed by atoms with Crippen LogP contribution in [0.5, 0.6) is 11.5 Å². The van der Waals surface area contributed by atoms with Crippen LogP contribution in [-0.4, -0.2) is 25.0 Å². The Morgan fingerprint density at radius 1 is 1.12 bits per heavy atom. The molecule has 1 unspecified atom stereocenters. The molecule has 0 aliphatic carbocycles. The lowest BCUT2D eigenvalue weighted by atomic mass is 10.1. The smallest absolute Gasteiger partial charge is 0.347 e. The van der Waals surface area contributed by atoms with Crippen LogP contribution >= 0.6 is 11.6 Å². The molecule has 0 aliphatic rings. The Labute approximate surface area is 151 Å². The highest BCUT2D eigenvalue weighted by molar-refractivity contribution is 6.30. The maximum absolute atomic E-state index is 12.1. The molecule has 2 aromatic rings. The summed E-state index contributed by atoms with van der Waals surface area (Å²) in [5.41, 5.74) is 1.25. The van der Waals surface area contributed by atoms with Crippen LogP contribution in [0.2, 0.25) is 5.02 Å². The molecule has 0 spiro atoms. The van der Waals surface area contributed by atoms with Gasteiger partial charge in [-0.05, 0) is 56.3 Å². The molecule has 0 saturated heterocycles. The van der Waals surface area contributed by atoms with Crippen LogP contribution in [0.15, 0.2) is 42.5 Å². The van der Waals surface area contributed by atoms with Crippen molar-refractivity contribution in [1.82, 2.24) is 0 Å². The molecule has 0 fully saturated rings. The van der Waals surface area contributed by atoms with Gasteiger partial charge in [-0.15, -0.1) is 0 Å². The molecule has 0 amide bonds. The van der Waals surface area contributed by atoms with Crippen LogP contribution in [0.1, 0.15) is 29.8 Å². The van der Waals surface area contributed by atoms with Gasteiger partial charge in [0.2, 0.25) is 0 Å². The zero-order valence-corrected chi connectivity index (χ0v) is 15.0. The first-order chi connectivity index (χ1) is 11.9. The molecule has 6 heteroatoms. The van der Waals surface area contributed by atoms with Gasteiger partial charge in [0.05, 0.1) is 7.11 Å². The van der Waals surface area contributed by atoms with E-state index in [1.807, 2.05) is 0 Å². The van der Waals surface area contributed by atoms with Crippen LogP contribution in [0.3, 0.4) is 0 Å². The molecular formula is C19H19ClO5. The number of hydrogen-bond donors (Lipinski definition) is 0. The topological polar surface area (TPSA) is 61.8 Å². The van der Waals surface area contributed by atoms with E-state index in [-0.39, 0.29) is 12.4 Å². The summed E-state index contributed by atoms with van der Waals surface area (Å²) in [7, 11) is 1.53. The molecule has 2 rings (SSSR count). The van der Waals surface area contributed by atoms with Crippen molar-refractivity contribution in [2.24, 2.45) is 0 Å². The van der Waals surface area contributed by atoms with Gasteiger partial charge < -0.3 is 14.2 Å². The molecule has 0 aromatic heterocycles. The average molecular weight is 363 g/mol. The molecule has 2 aromatic carbocycles. The first kappa shape index (κ1) is 18.8. The highest BCUT2D eigenvalue weighted by Crippen LogP contribution is 2.23. The van der Waals surface area contributed by atoms with E-state index < -0.39 is 12.1 Å². The number of esters is 1. The highest BCUT2D eigenvalue weighted by Gasteiger charge is 2.17. The predicted octanol–water partition coefficient (Wildman–Crippen LogP) is 4.06. The number of Topliss-reactive ketones (excluding diaryl/α,β-unsaturated/α-hetero) is 1. The van der Waals surface area contributed by atoms with Crippen LogP contribution in [0.4, 0.5) is 0 Å². The summed E-state index contributed by atoms with van der Waals surface area (Å²) in [6.07, 6.45) is -0.798. The number of carbonyl (C=O) groups excluding carboxylic acids is 2. The second-order valence-corrected chi connectivity index (χ2v) is 5.84. The second kappa shape index (κ2) is 8.53. The predicted molar refractivity (Wildman–Crippen MR) is 94.3 cm³/mol. The van der Waals surface area contributed by atoms with E-state index in [1.54, 1.807) is 49.4 Å². The zero-order valence-electron chi connectivity index (χ0n) is 14.2. The summed E-state index contributed by atoms with van der Waals surface area (Å²) >= 11 is 5.95. The largest absolute Gasteiger partial charge is 0.496 e. The molecule has 0 aliphatic heterocycles. The van der Waals surface area contributed by atoms with E-state index in [2.05, 4.69) is 0 Å². The number of methoxy groups -OCH3 is 1. The first-order valence-electron chi connectivity index (χ1n) is 7.67. The van der Waals surface area contributed by atoms with E-state index in [4.69, 9.17) is 25.8 Å². The fourth-order valence-electron chi connectivity index (χ4n) is 2.15. The highest BCUT2D eigenvalue weighted by atomic mass is 35.5. The Morgan fingerprint density at radius 3 is 2.40 bits per heavy atom. The SMILES string of the molecule is COc1ccc(Cl)cc1COC(=O)C(C)Oc1ccc(C(C)=O)cc1. The third-order valence-electron chi connectivity index (χ3n) is 3.52. The molecule has 0 N–H and O–H groups in total. The quantitative estimate of drug-likeness (QED) is 0.549. The summed E-state index contributed by atoms with van der Waals surface area (Å²) in [4.78, 5) is 23.4. The first-order valence-corrected chi connectivity index (χ1v) is 8.05. The fourth-order valence-corrected chi connectivity index (χ4v) is 2.34. The Hall–Kier alpha value is -2.53. The Bertz CT molecular complexity index is 755. The Kier molecular flexibility index (Phi) is 6.42. The van der Waals surface area contributed by atoms with Gasteiger partial charge in [0.15, 0.2) is 11.9 Å². The number of rotatable bonds is 7. The van der Waals surface area contributed by atoms with Crippen molar-refractivity contribution >= 4 is 23.4 Å². The normalized spacial score (nSPS) is 11.5. The van der Waals surface area contributed by atoms with Crippen molar-refractivity contribution in [2.45, 2.75) is 26.6 Å². The number of halogens is 1. The van der Waals surface area contributed by atoms with Crippen molar-refractivity contribution in [3.8, 4) is 11.5 Å². The zero-order chi connectivity index (χ0) is 18.4. The third-order valence-corrected chi connectivity index (χ3v) is 3.75. The van der Waals surface area contributed by atoms with E-state index in [9.17, 15) is 9.59 Å². The standard InChI is InChI=1S/C19H19ClO5/c1-12(21)14-4-7-17(8-5-14)25-13(2)19(22)24-11-15-10-16(20)6-9-18(15)23-3/h4-10,13H,11H2,1-3H3. The van der Waals surface area contributed by atoms with Crippen LogP contribution < -0.4 is 9.47 Å². The maximum Gasteiger partial charge on any atom is 0.347 e. The summed E-state index contributed by atoms with van der Waals surface area (Å²) in [6.45, 7) is 3.11. The molecule has 25 heavy (non-hydrogen) atoms. The van der Waals surface area contributed by atoms with E-state index in [0.717, 1.165) is 0 Å². The summed E-state index contributed by atoms with van der Waals surface area (Å²) in [5.74, 6) is 0.521. The minimum Gasteiger partial charge on any atom is -0.496 e. The number of hydrogen-bond acceptors (Lipinski definition) is 5. The maximum atomic E-state index is 12.1. The number of benzene rings is 2. The number of ether oxygens (including phenoxy) is 3. The van der Waals surface area contributed by atoms with E-state index >= 15 is 0 Å².